The van der Waals surface area contributed by atoms with Gasteiger partial charge in [-0.3, -0.25) is 0 Å². The molecule has 18 heavy (non-hydrogen) atoms. The van der Waals surface area contributed by atoms with Crippen LogP contribution in [0, 0.1) is 11.8 Å². The first-order valence-corrected chi connectivity index (χ1v) is 7.68. The van der Waals surface area contributed by atoms with Gasteiger partial charge in [0, 0.05) is 13.1 Å². The first kappa shape index (κ1) is 14.3. The van der Waals surface area contributed by atoms with E-state index in [9.17, 15) is 5.11 Å². The molecule has 2 saturated carbocycles. The highest BCUT2D eigenvalue weighted by atomic mass is 16.3. The molecular weight excluding hydrogens is 224 g/mol. The molecule has 0 bridgehead atoms. The van der Waals surface area contributed by atoms with Crippen molar-refractivity contribution >= 4 is 0 Å². The van der Waals surface area contributed by atoms with Crippen molar-refractivity contribution in [1.82, 2.24) is 10.2 Å². The van der Waals surface area contributed by atoms with Crippen molar-refractivity contribution in [3.8, 4) is 0 Å². The van der Waals surface area contributed by atoms with Crippen LogP contribution in [0.25, 0.3) is 0 Å². The Morgan fingerprint density at radius 3 is 2.33 bits per heavy atom. The van der Waals surface area contributed by atoms with Crippen LogP contribution in [0.5, 0.6) is 0 Å². The maximum atomic E-state index is 9.75. The molecule has 0 radical (unpaired) electrons. The lowest BCUT2D eigenvalue weighted by Crippen LogP contribution is -2.56. The van der Waals surface area contributed by atoms with Crippen molar-refractivity contribution in [3.63, 3.8) is 0 Å². The Bertz CT molecular complexity index is 243. The van der Waals surface area contributed by atoms with Crippen LogP contribution in [0.3, 0.4) is 0 Å². The van der Waals surface area contributed by atoms with E-state index in [4.69, 9.17) is 0 Å². The van der Waals surface area contributed by atoms with Crippen LogP contribution in [0.15, 0.2) is 0 Å². The molecule has 1 atom stereocenters. The van der Waals surface area contributed by atoms with Crippen LogP contribution in [-0.2, 0) is 0 Å². The van der Waals surface area contributed by atoms with E-state index in [1.54, 1.807) is 0 Å². The van der Waals surface area contributed by atoms with E-state index in [0.29, 0.717) is 5.92 Å². The molecule has 0 aromatic heterocycles. The van der Waals surface area contributed by atoms with Crippen molar-refractivity contribution in [2.45, 2.75) is 50.5 Å². The van der Waals surface area contributed by atoms with Gasteiger partial charge in [0.2, 0.25) is 0 Å². The van der Waals surface area contributed by atoms with E-state index in [2.05, 4.69) is 17.3 Å². The number of hydrogen-bond donors (Lipinski definition) is 2. The topological polar surface area (TPSA) is 35.5 Å². The molecule has 0 aromatic carbocycles. The number of nitrogens with one attached hydrogen (secondary N) is 1. The lowest BCUT2D eigenvalue weighted by atomic mass is 9.88. The zero-order valence-electron chi connectivity index (χ0n) is 12.1. The van der Waals surface area contributed by atoms with Crippen molar-refractivity contribution in [2.75, 3.05) is 33.8 Å². The van der Waals surface area contributed by atoms with E-state index < -0.39 is 0 Å². The third-order valence-corrected chi connectivity index (χ3v) is 4.99. The predicted octanol–water partition coefficient (Wildman–Crippen LogP) is 1.86. The van der Waals surface area contributed by atoms with Crippen molar-refractivity contribution in [2.24, 2.45) is 11.8 Å². The molecule has 0 spiro atoms. The molecular formula is C15H30N2O. The van der Waals surface area contributed by atoms with Crippen molar-refractivity contribution < 1.29 is 5.11 Å². The summed E-state index contributed by atoms with van der Waals surface area (Å²) in [7, 11) is 4.22. The summed E-state index contributed by atoms with van der Waals surface area (Å²) in [5.41, 5.74) is -0.0522. The highest BCUT2D eigenvalue weighted by Crippen LogP contribution is 2.40. The van der Waals surface area contributed by atoms with Crippen LogP contribution >= 0.6 is 0 Å². The second-order valence-corrected chi connectivity index (χ2v) is 6.54. The number of hydrogen-bond acceptors (Lipinski definition) is 3. The third kappa shape index (κ3) is 3.46. The molecule has 3 heteroatoms. The maximum absolute atomic E-state index is 9.75. The fourth-order valence-corrected chi connectivity index (χ4v) is 3.66. The summed E-state index contributed by atoms with van der Waals surface area (Å²) in [5, 5.41) is 13.2. The van der Waals surface area contributed by atoms with E-state index in [0.717, 1.165) is 12.5 Å². The normalized spacial score (nSPS) is 25.3. The zero-order valence-corrected chi connectivity index (χ0v) is 12.1. The highest BCUT2D eigenvalue weighted by Gasteiger charge is 2.44. The van der Waals surface area contributed by atoms with Crippen LogP contribution in [0.4, 0.5) is 0 Å². The van der Waals surface area contributed by atoms with E-state index in [1.165, 1.54) is 51.5 Å². The average molecular weight is 254 g/mol. The molecule has 2 N–H and O–H groups in total. The molecule has 2 rings (SSSR count). The van der Waals surface area contributed by atoms with Gasteiger partial charge in [-0.05, 0) is 51.6 Å². The van der Waals surface area contributed by atoms with Crippen molar-refractivity contribution in [3.05, 3.63) is 0 Å². The van der Waals surface area contributed by atoms with Gasteiger partial charge in [0.25, 0.3) is 0 Å². The Morgan fingerprint density at radius 1 is 1.17 bits per heavy atom. The molecule has 2 fully saturated rings. The third-order valence-electron chi connectivity index (χ3n) is 4.99. The average Bonchev–Trinajstić information content (AvgIpc) is 3.22. The van der Waals surface area contributed by atoms with Crippen LogP contribution in [0.1, 0.15) is 44.9 Å². The maximum Gasteiger partial charge on any atom is 0.0628 e. The van der Waals surface area contributed by atoms with E-state index in [-0.39, 0.29) is 12.1 Å². The molecule has 2 aliphatic carbocycles. The summed E-state index contributed by atoms with van der Waals surface area (Å²) in [4.78, 5) is 2.45. The quantitative estimate of drug-likeness (QED) is 0.728. The van der Waals surface area contributed by atoms with Crippen molar-refractivity contribution in [1.29, 1.82) is 0 Å². The summed E-state index contributed by atoms with van der Waals surface area (Å²) in [5.74, 6) is 1.57. The molecule has 1 unspecified atom stereocenters. The minimum Gasteiger partial charge on any atom is -0.394 e. The first-order valence-electron chi connectivity index (χ1n) is 7.68. The van der Waals surface area contributed by atoms with E-state index >= 15 is 0 Å². The van der Waals surface area contributed by atoms with Gasteiger partial charge in [-0.2, -0.15) is 0 Å². The number of likely N-dealkylation sites (N-methyl/N-ethyl adjacent to an activating group) is 2. The lowest BCUT2D eigenvalue weighted by Gasteiger charge is -2.37. The summed E-state index contributed by atoms with van der Waals surface area (Å²) in [6.45, 7) is 2.46. The SMILES string of the molecule is CNC(CO)(CN(C)CC1CCCCC1)C1CC1. The molecule has 0 aliphatic heterocycles. The zero-order chi connectivity index (χ0) is 13.0. The lowest BCUT2D eigenvalue weighted by molar-refractivity contribution is 0.0971. The van der Waals surface area contributed by atoms with Gasteiger partial charge in [0.05, 0.1) is 12.1 Å². The molecule has 106 valence electrons. The number of aliphatic hydroxyl groups excluding tert-OH is 1. The fraction of sp³-hybridized carbons (Fsp3) is 1.00. The fourth-order valence-electron chi connectivity index (χ4n) is 3.66. The number of aliphatic hydroxyl groups is 1. The standard InChI is InChI=1S/C15H30N2O/c1-16-15(12-18,14-8-9-14)11-17(2)10-13-6-4-3-5-7-13/h13-14,16,18H,3-12H2,1-2H3. The van der Waals surface area contributed by atoms with Gasteiger partial charge in [-0.1, -0.05) is 19.3 Å². The molecule has 3 nitrogen and oxygen atoms in total. The van der Waals surface area contributed by atoms with Gasteiger partial charge in [0.1, 0.15) is 0 Å². The summed E-state index contributed by atoms with van der Waals surface area (Å²) in [6, 6.07) is 0. The second kappa shape index (κ2) is 6.36. The van der Waals surface area contributed by atoms with Gasteiger partial charge in [0.15, 0.2) is 0 Å². The summed E-state index contributed by atoms with van der Waals surface area (Å²) >= 11 is 0. The Morgan fingerprint density at radius 2 is 1.83 bits per heavy atom. The Kier molecular flexibility index (Phi) is 5.05. The van der Waals surface area contributed by atoms with E-state index in [1.807, 2.05) is 7.05 Å². The smallest absolute Gasteiger partial charge is 0.0628 e. The van der Waals surface area contributed by atoms with Gasteiger partial charge >= 0.3 is 0 Å². The van der Waals surface area contributed by atoms with Gasteiger partial charge in [-0.25, -0.2) is 0 Å². The highest BCUT2D eigenvalue weighted by molar-refractivity contribution is 5.01. The van der Waals surface area contributed by atoms with Crippen LogP contribution in [0.2, 0.25) is 0 Å². The summed E-state index contributed by atoms with van der Waals surface area (Å²) in [6.07, 6.45) is 9.62. The monoisotopic (exact) mass is 254 g/mol. The van der Waals surface area contributed by atoms with Crippen LogP contribution in [-0.4, -0.2) is 49.3 Å². The minimum atomic E-state index is -0.0522. The first-order chi connectivity index (χ1) is 8.70. The molecule has 0 amide bonds. The minimum absolute atomic E-state index is 0.0522. The molecule has 0 aromatic rings. The Labute approximate surface area is 112 Å². The number of rotatable bonds is 7. The molecule has 0 heterocycles. The second-order valence-electron chi connectivity index (χ2n) is 6.54. The predicted molar refractivity (Wildman–Crippen MR) is 75.7 cm³/mol. The summed E-state index contributed by atoms with van der Waals surface area (Å²) < 4.78 is 0. The van der Waals surface area contributed by atoms with Gasteiger partial charge in [-0.15, -0.1) is 0 Å². The Hall–Kier alpha value is -0.120. The largest absolute Gasteiger partial charge is 0.394 e. The molecule has 2 aliphatic rings. The Balaban J connectivity index is 1.82. The molecule has 0 saturated heterocycles. The number of nitrogens with zero attached hydrogens (tertiary/aromatic N) is 1. The van der Waals surface area contributed by atoms with Gasteiger partial charge < -0.3 is 15.3 Å². The van der Waals surface area contributed by atoms with Crippen LogP contribution < -0.4 is 5.32 Å².